The van der Waals surface area contributed by atoms with Crippen LogP contribution in [0.2, 0.25) is 0 Å². The van der Waals surface area contributed by atoms with E-state index in [0.717, 1.165) is 0 Å². The number of rotatable bonds is 6. The number of ether oxygens (including phenoxy) is 1. The lowest BCUT2D eigenvalue weighted by Crippen LogP contribution is -2.14. The number of nitrogens with one attached hydrogen (secondary N) is 2. The van der Waals surface area contributed by atoms with Gasteiger partial charge in [0.05, 0.1) is 23.4 Å². The summed E-state index contributed by atoms with van der Waals surface area (Å²) in [7, 11) is -2.19. The van der Waals surface area contributed by atoms with E-state index in [9.17, 15) is 8.42 Å². The van der Waals surface area contributed by atoms with Crippen LogP contribution >= 0.6 is 0 Å². The Morgan fingerprint density at radius 3 is 2.20 bits per heavy atom. The zero-order valence-electron chi connectivity index (χ0n) is 13.5. The van der Waals surface area contributed by atoms with Gasteiger partial charge in [-0.15, -0.1) is 0 Å². The molecule has 0 spiro atoms. The first-order chi connectivity index (χ1) is 12.1. The van der Waals surface area contributed by atoms with Crippen LogP contribution in [-0.2, 0) is 10.0 Å². The van der Waals surface area contributed by atoms with Crippen molar-refractivity contribution < 1.29 is 13.2 Å². The van der Waals surface area contributed by atoms with Crippen LogP contribution in [0.1, 0.15) is 0 Å². The van der Waals surface area contributed by atoms with E-state index in [4.69, 9.17) is 4.74 Å². The molecule has 1 aromatic heterocycles. The molecule has 0 unspecified atom stereocenters. The van der Waals surface area contributed by atoms with Gasteiger partial charge < -0.3 is 10.1 Å². The molecule has 0 bridgehead atoms. The minimum atomic E-state index is -3.72. The molecule has 0 aliphatic heterocycles. The van der Waals surface area contributed by atoms with Crippen LogP contribution in [0.5, 0.6) is 5.75 Å². The highest BCUT2D eigenvalue weighted by atomic mass is 32.2. The minimum Gasteiger partial charge on any atom is -0.497 e. The van der Waals surface area contributed by atoms with Crippen molar-refractivity contribution in [3.8, 4) is 5.75 Å². The fourth-order valence-electron chi connectivity index (χ4n) is 2.21. The van der Waals surface area contributed by atoms with Crippen LogP contribution in [-0.4, -0.2) is 20.5 Å². The second kappa shape index (κ2) is 7.23. The maximum atomic E-state index is 12.6. The molecule has 25 heavy (non-hydrogen) atoms. The summed E-state index contributed by atoms with van der Waals surface area (Å²) in [6.45, 7) is 0. The molecule has 128 valence electrons. The second-order valence-electron chi connectivity index (χ2n) is 5.17. The first-order valence-corrected chi connectivity index (χ1v) is 9.01. The van der Waals surface area contributed by atoms with E-state index in [1.807, 2.05) is 18.2 Å². The Morgan fingerprint density at radius 2 is 1.56 bits per heavy atom. The number of nitrogens with zero attached hydrogens (tertiary/aromatic N) is 1. The first kappa shape index (κ1) is 16.8. The predicted octanol–water partition coefficient (Wildman–Crippen LogP) is 3.63. The molecule has 2 N–H and O–H groups in total. The van der Waals surface area contributed by atoms with Crippen molar-refractivity contribution in [3.63, 3.8) is 0 Å². The van der Waals surface area contributed by atoms with Crippen LogP contribution in [0.4, 0.5) is 17.2 Å². The van der Waals surface area contributed by atoms with E-state index in [0.29, 0.717) is 22.9 Å². The Hall–Kier alpha value is -3.06. The Labute approximate surface area is 146 Å². The predicted molar refractivity (Wildman–Crippen MR) is 97.8 cm³/mol. The molecule has 0 aliphatic rings. The smallest absolute Gasteiger partial charge is 0.261 e. The van der Waals surface area contributed by atoms with Gasteiger partial charge in [0.1, 0.15) is 11.6 Å². The number of pyridine rings is 1. The van der Waals surface area contributed by atoms with Crippen molar-refractivity contribution in [2.24, 2.45) is 0 Å². The number of hydrogen-bond acceptors (Lipinski definition) is 5. The molecule has 0 aliphatic carbocycles. The van der Waals surface area contributed by atoms with Crippen LogP contribution in [0, 0.1) is 0 Å². The number of aromatic nitrogens is 1. The highest BCUT2D eigenvalue weighted by Crippen LogP contribution is 2.27. The normalized spacial score (nSPS) is 10.9. The van der Waals surface area contributed by atoms with Gasteiger partial charge in [-0.25, -0.2) is 13.4 Å². The monoisotopic (exact) mass is 355 g/mol. The van der Waals surface area contributed by atoms with E-state index in [1.54, 1.807) is 42.6 Å². The van der Waals surface area contributed by atoms with Crippen LogP contribution in [0.25, 0.3) is 0 Å². The van der Waals surface area contributed by atoms with Crippen LogP contribution < -0.4 is 14.8 Å². The van der Waals surface area contributed by atoms with E-state index in [1.165, 1.54) is 19.2 Å². The summed E-state index contributed by atoms with van der Waals surface area (Å²) in [6, 6.07) is 18.7. The lowest BCUT2D eigenvalue weighted by Gasteiger charge is -2.14. The molecule has 1 heterocycles. The van der Waals surface area contributed by atoms with Gasteiger partial charge in [0.15, 0.2) is 0 Å². The summed E-state index contributed by atoms with van der Waals surface area (Å²) in [6.07, 6.45) is 1.66. The summed E-state index contributed by atoms with van der Waals surface area (Å²) < 4.78 is 32.9. The Morgan fingerprint density at radius 1 is 0.880 bits per heavy atom. The Bertz CT molecular complexity index is 943. The molecule has 6 nitrogen and oxygen atoms in total. The number of methoxy groups -OCH3 is 1. The minimum absolute atomic E-state index is 0.154. The number of sulfonamides is 1. The summed E-state index contributed by atoms with van der Waals surface area (Å²) in [4.78, 5) is 4.34. The molecule has 0 radical (unpaired) electrons. The highest BCUT2D eigenvalue weighted by molar-refractivity contribution is 7.92. The van der Waals surface area contributed by atoms with Gasteiger partial charge in [-0.3, -0.25) is 4.72 Å². The van der Waals surface area contributed by atoms with Gasteiger partial charge >= 0.3 is 0 Å². The third-order valence-electron chi connectivity index (χ3n) is 3.47. The van der Waals surface area contributed by atoms with E-state index in [2.05, 4.69) is 15.0 Å². The number of anilines is 3. The van der Waals surface area contributed by atoms with Gasteiger partial charge in [0, 0.05) is 6.20 Å². The van der Waals surface area contributed by atoms with Crippen LogP contribution in [0.15, 0.2) is 77.8 Å². The van der Waals surface area contributed by atoms with Crippen LogP contribution in [0.3, 0.4) is 0 Å². The molecular formula is C18H17N3O3S. The van der Waals surface area contributed by atoms with Gasteiger partial charge in [-0.2, -0.15) is 0 Å². The first-order valence-electron chi connectivity index (χ1n) is 7.52. The van der Waals surface area contributed by atoms with Crippen molar-refractivity contribution >= 4 is 27.2 Å². The quantitative estimate of drug-likeness (QED) is 0.706. The molecule has 0 saturated carbocycles. The van der Waals surface area contributed by atoms with Gasteiger partial charge in [0.25, 0.3) is 10.0 Å². The van der Waals surface area contributed by atoms with Crippen molar-refractivity contribution in [2.75, 3.05) is 17.1 Å². The van der Waals surface area contributed by atoms with E-state index in [-0.39, 0.29) is 4.90 Å². The number of para-hydroxylation sites is 2. The molecule has 2 aromatic carbocycles. The molecule has 0 amide bonds. The van der Waals surface area contributed by atoms with Crippen molar-refractivity contribution in [1.29, 1.82) is 0 Å². The molecule has 7 heteroatoms. The average molecular weight is 355 g/mol. The molecule has 0 fully saturated rings. The lowest BCUT2D eigenvalue weighted by atomic mass is 10.2. The molecule has 0 saturated heterocycles. The lowest BCUT2D eigenvalue weighted by molar-refractivity contribution is 0.414. The van der Waals surface area contributed by atoms with E-state index < -0.39 is 10.0 Å². The maximum Gasteiger partial charge on any atom is 0.261 e. The third kappa shape index (κ3) is 4.07. The topological polar surface area (TPSA) is 80.3 Å². The second-order valence-corrected chi connectivity index (χ2v) is 6.85. The number of benzene rings is 2. The fourth-order valence-corrected chi connectivity index (χ4v) is 3.29. The summed E-state index contributed by atoms with van der Waals surface area (Å²) >= 11 is 0. The Balaban J connectivity index is 1.86. The largest absolute Gasteiger partial charge is 0.497 e. The standard InChI is InChI=1S/C18H17N3O3S/c1-24-14-9-11-15(12-10-14)25(22,23)21-17-7-3-2-6-16(17)20-18-8-4-5-13-19-18/h2-13,21H,1H3,(H,19,20). The molecule has 3 rings (SSSR count). The van der Waals surface area contributed by atoms with E-state index >= 15 is 0 Å². The highest BCUT2D eigenvalue weighted by Gasteiger charge is 2.16. The fraction of sp³-hybridized carbons (Fsp3) is 0.0556. The molecular weight excluding hydrogens is 338 g/mol. The average Bonchev–Trinajstić information content (AvgIpc) is 2.64. The maximum absolute atomic E-state index is 12.6. The number of hydrogen-bond donors (Lipinski definition) is 2. The van der Waals surface area contributed by atoms with Crippen molar-refractivity contribution in [2.45, 2.75) is 4.90 Å². The summed E-state index contributed by atoms with van der Waals surface area (Å²) in [5.74, 6) is 1.22. The van der Waals surface area contributed by atoms with Crippen molar-refractivity contribution in [3.05, 3.63) is 72.9 Å². The summed E-state index contributed by atoms with van der Waals surface area (Å²) in [5, 5.41) is 3.11. The summed E-state index contributed by atoms with van der Waals surface area (Å²) in [5.41, 5.74) is 1.04. The Kier molecular flexibility index (Phi) is 4.85. The third-order valence-corrected chi connectivity index (χ3v) is 4.85. The molecule has 0 atom stereocenters. The molecule has 3 aromatic rings. The van der Waals surface area contributed by atoms with Gasteiger partial charge in [0.2, 0.25) is 0 Å². The zero-order valence-corrected chi connectivity index (χ0v) is 14.3. The zero-order chi connectivity index (χ0) is 17.7. The SMILES string of the molecule is COc1ccc(S(=O)(=O)Nc2ccccc2Nc2ccccn2)cc1. The van der Waals surface area contributed by atoms with Gasteiger partial charge in [-0.1, -0.05) is 18.2 Å². The van der Waals surface area contributed by atoms with Crippen molar-refractivity contribution in [1.82, 2.24) is 4.98 Å². The van der Waals surface area contributed by atoms with Gasteiger partial charge in [-0.05, 0) is 48.5 Å².